The number of nitrogens with one attached hydrogen (secondary N) is 1. The van der Waals surface area contributed by atoms with Crippen molar-refractivity contribution >= 4 is 11.9 Å². The van der Waals surface area contributed by atoms with Gasteiger partial charge in [0.1, 0.15) is 0 Å². The largest absolute Gasteiger partial charge is 0.481 e. The second-order valence-electron chi connectivity index (χ2n) is 5.80. The van der Waals surface area contributed by atoms with Crippen LogP contribution in [0.4, 0.5) is 0 Å². The molecule has 0 aromatic heterocycles. The average Bonchev–Trinajstić information content (AvgIpc) is 2.75. The fourth-order valence-electron chi connectivity index (χ4n) is 2.82. The van der Waals surface area contributed by atoms with E-state index in [1.54, 1.807) is 0 Å². The van der Waals surface area contributed by atoms with Gasteiger partial charge in [-0.1, -0.05) is 33.6 Å². The predicted octanol–water partition coefficient (Wildman–Crippen LogP) is 2.57. The lowest BCUT2D eigenvalue weighted by atomic mass is 9.82. The van der Waals surface area contributed by atoms with Crippen molar-refractivity contribution in [1.82, 2.24) is 5.32 Å². The Balaban J connectivity index is 2.60. The second-order valence-corrected chi connectivity index (χ2v) is 5.80. The number of aliphatic carboxylic acids is 1. The van der Waals surface area contributed by atoms with E-state index in [-0.39, 0.29) is 18.4 Å². The third-order valence-electron chi connectivity index (χ3n) is 4.10. The normalized spacial score (nSPS) is 19.8. The van der Waals surface area contributed by atoms with Crippen molar-refractivity contribution < 1.29 is 14.7 Å². The highest BCUT2D eigenvalue weighted by Crippen LogP contribution is 2.41. The summed E-state index contributed by atoms with van der Waals surface area (Å²) in [5, 5.41) is 12.3. The smallest absolute Gasteiger partial charge is 0.310 e. The standard InChI is InChI=1S/C14H25NO3/c1-4-11(10(2)3)15-12(16)9-14(13(17)18)7-5-6-8-14/h10-11H,4-9H2,1-3H3,(H,15,16)(H,17,18). The van der Waals surface area contributed by atoms with Crippen LogP contribution in [0.25, 0.3) is 0 Å². The van der Waals surface area contributed by atoms with E-state index in [0.717, 1.165) is 19.3 Å². The minimum atomic E-state index is -0.812. The molecule has 1 unspecified atom stereocenters. The van der Waals surface area contributed by atoms with Crippen LogP contribution in [0.3, 0.4) is 0 Å². The van der Waals surface area contributed by atoms with Crippen molar-refractivity contribution in [3.63, 3.8) is 0 Å². The molecule has 1 saturated carbocycles. The maximum absolute atomic E-state index is 12.0. The van der Waals surface area contributed by atoms with Crippen LogP contribution in [-0.4, -0.2) is 23.0 Å². The molecule has 0 aromatic rings. The van der Waals surface area contributed by atoms with E-state index in [2.05, 4.69) is 19.2 Å². The molecule has 0 bridgehead atoms. The topological polar surface area (TPSA) is 66.4 Å². The van der Waals surface area contributed by atoms with Crippen LogP contribution < -0.4 is 5.32 Å². The molecular formula is C14H25NO3. The molecule has 0 heterocycles. The molecule has 1 amide bonds. The molecule has 1 aliphatic rings. The summed E-state index contributed by atoms with van der Waals surface area (Å²) in [5.41, 5.74) is -0.806. The van der Waals surface area contributed by atoms with Gasteiger partial charge in [0.05, 0.1) is 5.41 Å². The first-order valence-corrected chi connectivity index (χ1v) is 6.94. The molecule has 1 aliphatic carbocycles. The second kappa shape index (κ2) is 6.21. The number of amides is 1. The molecule has 1 fully saturated rings. The molecule has 4 nitrogen and oxygen atoms in total. The summed E-state index contributed by atoms with van der Waals surface area (Å²) in [6, 6.07) is 0.143. The number of carboxylic acids is 1. The van der Waals surface area contributed by atoms with Crippen LogP contribution in [0, 0.1) is 11.3 Å². The molecule has 0 aliphatic heterocycles. The van der Waals surface area contributed by atoms with Gasteiger partial charge >= 0.3 is 5.97 Å². The lowest BCUT2D eigenvalue weighted by molar-refractivity contribution is -0.151. The first-order chi connectivity index (χ1) is 8.41. The molecular weight excluding hydrogens is 230 g/mol. The van der Waals surface area contributed by atoms with Crippen LogP contribution in [0.2, 0.25) is 0 Å². The summed E-state index contributed by atoms with van der Waals surface area (Å²) in [4.78, 5) is 23.4. The summed E-state index contributed by atoms with van der Waals surface area (Å²) in [7, 11) is 0. The number of carbonyl (C=O) groups is 2. The molecule has 0 aromatic carbocycles. The molecule has 0 spiro atoms. The maximum atomic E-state index is 12.0. The number of hydrogen-bond acceptors (Lipinski definition) is 2. The number of carbonyl (C=O) groups excluding carboxylic acids is 1. The monoisotopic (exact) mass is 255 g/mol. The van der Waals surface area contributed by atoms with Gasteiger partial charge in [-0.05, 0) is 25.2 Å². The van der Waals surface area contributed by atoms with Crippen molar-refractivity contribution in [2.45, 2.75) is 65.3 Å². The minimum absolute atomic E-state index is 0.111. The lowest BCUT2D eigenvalue weighted by Gasteiger charge is -2.26. The highest BCUT2D eigenvalue weighted by Gasteiger charge is 2.43. The Morgan fingerprint density at radius 1 is 1.28 bits per heavy atom. The Bertz CT molecular complexity index is 306. The molecule has 2 N–H and O–H groups in total. The van der Waals surface area contributed by atoms with E-state index < -0.39 is 11.4 Å². The SMILES string of the molecule is CCC(NC(=O)CC1(C(=O)O)CCCC1)C(C)C. The molecule has 0 radical (unpaired) electrons. The highest BCUT2D eigenvalue weighted by molar-refractivity contribution is 5.85. The van der Waals surface area contributed by atoms with Gasteiger partial charge in [-0.25, -0.2) is 0 Å². The van der Waals surface area contributed by atoms with E-state index >= 15 is 0 Å². The number of hydrogen-bond donors (Lipinski definition) is 2. The highest BCUT2D eigenvalue weighted by atomic mass is 16.4. The van der Waals surface area contributed by atoms with Gasteiger partial charge in [-0.15, -0.1) is 0 Å². The van der Waals surface area contributed by atoms with Gasteiger partial charge in [0.25, 0.3) is 0 Å². The number of carboxylic acid groups (broad SMARTS) is 1. The Kier molecular flexibility index (Phi) is 5.17. The molecule has 1 rings (SSSR count). The summed E-state index contributed by atoms with van der Waals surface area (Å²) in [5.74, 6) is -0.545. The summed E-state index contributed by atoms with van der Waals surface area (Å²) in [6.45, 7) is 6.17. The zero-order valence-corrected chi connectivity index (χ0v) is 11.7. The van der Waals surface area contributed by atoms with E-state index in [9.17, 15) is 14.7 Å². The predicted molar refractivity (Wildman–Crippen MR) is 70.2 cm³/mol. The van der Waals surface area contributed by atoms with Gasteiger partial charge in [0.15, 0.2) is 0 Å². The maximum Gasteiger partial charge on any atom is 0.310 e. The fourth-order valence-corrected chi connectivity index (χ4v) is 2.82. The Hall–Kier alpha value is -1.06. The first-order valence-electron chi connectivity index (χ1n) is 6.94. The third-order valence-corrected chi connectivity index (χ3v) is 4.10. The fraction of sp³-hybridized carbons (Fsp3) is 0.857. The average molecular weight is 255 g/mol. The van der Waals surface area contributed by atoms with Gasteiger partial charge in [0.2, 0.25) is 5.91 Å². The first kappa shape index (κ1) is 15.0. The van der Waals surface area contributed by atoms with E-state index in [4.69, 9.17) is 0 Å². The molecule has 0 saturated heterocycles. The minimum Gasteiger partial charge on any atom is -0.481 e. The summed E-state index contributed by atoms with van der Waals surface area (Å²) < 4.78 is 0. The van der Waals surface area contributed by atoms with Gasteiger partial charge < -0.3 is 10.4 Å². The molecule has 4 heteroatoms. The van der Waals surface area contributed by atoms with Crippen molar-refractivity contribution in [1.29, 1.82) is 0 Å². The quantitative estimate of drug-likeness (QED) is 0.766. The summed E-state index contributed by atoms with van der Waals surface area (Å²) >= 11 is 0. The van der Waals surface area contributed by atoms with Crippen molar-refractivity contribution in [2.75, 3.05) is 0 Å². The summed E-state index contributed by atoms with van der Waals surface area (Å²) in [6.07, 6.45) is 4.11. The third kappa shape index (κ3) is 3.47. The van der Waals surface area contributed by atoms with Crippen LogP contribution in [0.1, 0.15) is 59.3 Å². The van der Waals surface area contributed by atoms with Gasteiger partial charge in [-0.2, -0.15) is 0 Å². The van der Waals surface area contributed by atoms with E-state index in [1.807, 2.05) is 6.92 Å². The molecule has 1 atom stereocenters. The Labute approximate surface area is 109 Å². The van der Waals surface area contributed by atoms with Gasteiger partial charge in [0, 0.05) is 12.5 Å². The lowest BCUT2D eigenvalue weighted by Crippen LogP contribution is -2.42. The van der Waals surface area contributed by atoms with Gasteiger partial charge in [-0.3, -0.25) is 9.59 Å². The zero-order valence-electron chi connectivity index (χ0n) is 11.7. The van der Waals surface area contributed by atoms with E-state index in [1.165, 1.54) is 0 Å². The van der Waals surface area contributed by atoms with Crippen molar-refractivity contribution in [2.24, 2.45) is 11.3 Å². The molecule has 18 heavy (non-hydrogen) atoms. The van der Waals surface area contributed by atoms with Crippen LogP contribution in [-0.2, 0) is 9.59 Å². The Morgan fingerprint density at radius 3 is 2.22 bits per heavy atom. The number of rotatable bonds is 6. The van der Waals surface area contributed by atoms with Crippen LogP contribution in [0.5, 0.6) is 0 Å². The van der Waals surface area contributed by atoms with Crippen molar-refractivity contribution in [3.8, 4) is 0 Å². The molecule has 104 valence electrons. The van der Waals surface area contributed by atoms with E-state index in [0.29, 0.717) is 18.8 Å². The zero-order chi connectivity index (χ0) is 13.8. The van der Waals surface area contributed by atoms with Crippen LogP contribution in [0.15, 0.2) is 0 Å². The Morgan fingerprint density at radius 2 is 1.83 bits per heavy atom. The van der Waals surface area contributed by atoms with Crippen LogP contribution >= 0.6 is 0 Å². The van der Waals surface area contributed by atoms with Crippen molar-refractivity contribution in [3.05, 3.63) is 0 Å².